The maximum atomic E-state index is 13.6. The molecule has 3 nitrogen and oxygen atoms in total. The molecular weight excluding hydrogens is 221 g/mol. The third kappa shape index (κ3) is 3.33. The third-order valence-corrected chi connectivity index (χ3v) is 2.76. The standard InChI is InChI=1S/C13H18FNO2/c1-2-17-13-6-5-10(8-12(13)14)15-11-4-3-7-16-9-11/h5-6,8,11,15H,2-4,7,9H2,1H3. The van der Waals surface area contributed by atoms with Gasteiger partial charge in [0.05, 0.1) is 13.2 Å². The van der Waals surface area contributed by atoms with Crippen molar-refractivity contribution < 1.29 is 13.9 Å². The van der Waals surface area contributed by atoms with Crippen LogP contribution in [0.15, 0.2) is 18.2 Å². The summed E-state index contributed by atoms with van der Waals surface area (Å²) in [6.07, 6.45) is 2.12. The molecule has 1 aliphatic rings. The summed E-state index contributed by atoms with van der Waals surface area (Å²) < 4.78 is 24.1. The first kappa shape index (κ1) is 12.2. The van der Waals surface area contributed by atoms with E-state index >= 15 is 0 Å². The Kier molecular flexibility index (Phi) is 4.20. The van der Waals surface area contributed by atoms with E-state index in [1.165, 1.54) is 6.07 Å². The Balaban J connectivity index is 1.98. The fourth-order valence-electron chi connectivity index (χ4n) is 1.95. The summed E-state index contributed by atoms with van der Waals surface area (Å²) in [6.45, 7) is 3.83. The molecule has 0 bridgehead atoms. The van der Waals surface area contributed by atoms with E-state index < -0.39 is 0 Å². The van der Waals surface area contributed by atoms with E-state index in [9.17, 15) is 4.39 Å². The van der Waals surface area contributed by atoms with Crippen molar-refractivity contribution in [1.82, 2.24) is 0 Å². The minimum Gasteiger partial charge on any atom is -0.491 e. The van der Waals surface area contributed by atoms with Crippen molar-refractivity contribution in [1.29, 1.82) is 0 Å². The number of ether oxygens (including phenoxy) is 2. The Morgan fingerprint density at radius 2 is 2.41 bits per heavy atom. The number of anilines is 1. The largest absolute Gasteiger partial charge is 0.491 e. The van der Waals surface area contributed by atoms with Crippen molar-refractivity contribution in [2.75, 3.05) is 25.1 Å². The van der Waals surface area contributed by atoms with Gasteiger partial charge in [-0.2, -0.15) is 0 Å². The molecule has 4 heteroatoms. The normalized spacial score (nSPS) is 20.0. The van der Waals surface area contributed by atoms with Crippen LogP contribution in [0.25, 0.3) is 0 Å². The molecule has 0 spiro atoms. The van der Waals surface area contributed by atoms with Crippen molar-refractivity contribution >= 4 is 5.69 Å². The molecule has 1 unspecified atom stereocenters. The highest BCUT2D eigenvalue weighted by atomic mass is 19.1. The average molecular weight is 239 g/mol. The van der Waals surface area contributed by atoms with Crippen molar-refractivity contribution in [3.63, 3.8) is 0 Å². The topological polar surface area (TPSA) is 30.5 Å². The van der Waals surface area contributed by atoms with Crippen molar-refractivity contribution in [2.45, 2.75) is 25.8 Å². The van der Waals surface area contributed by atoms with Crippen LogP contribution >= 0.6 is 0 Å². The van der Waals surface area contributed by atoms with E-state index in [1.54, 1.807) is 6.07 Å². The zero-order valence-corrected chi connectivity index (χ0v) is 10.0. The Labute approximate surface area is 101 Å². The van der Waals surface area contributed by atoms with Gasteiger partial charge in [-0.25, -0.2) is 4.39 Å². The average Bonchev–Trinajstić information content (AvgIpc) is 2.34. The van der Waals surface area contributed by atoms with Crippen LogP contribution in [-0.2, 0) is 4.74 Å². The summed E-state index contributed by atoms with van der Waals surface area (Å²) in [4.78, 5) is 0. The van der Waals surface area contributed by atoms with Gasteiger partial charge in [-0.3, -0.25) is 0 Å². The fourth-order valence-corrected chi connectivity index (χ4v) is 1.95. The smallest absolute Gasteiger partial charge is 0.167 e. The van der Waals surface area contributed by atoms with E-state index in [1.807, 2.05) is 13.0 Å². The van der Waals surface area contributed by atoms with Gasteiger partial charge in [-0.05, 0) is 31.9 Å². The van der Waals surface area contributed by atoms with E-state index in [4.69, 9.17) is 9.47 Å². The molecule has 1 aromatic rings. The first-order valence-corrected chi connectivity index (χ1v) is 6.06. The molecule has 2 rings (SSSR count). The van der Waals surface area contributed by atoms with Crippen LogP contribution in [0.4, 0.5) is 10.1 Å². The maximum absolute atomic E-state index is 13.6. The molecule has 1 fully saturated rings. The second-order valence-electron chi connectivity index (χ2n) is 4.14. The van der Waals surface area contributed by atoms with E-state index in [2.05, 4.69) is 5.32 Å². The molecule has 1 aliphatic heterocycles. The van der Waals surface area contributed by atoms with Crippen molar-refractivity contribution in [3.8, 4) is 5.75 Å². The number of hydrogen-bond donors (Lipinski definition) is 1. The number of benzene rings is 1. The summed E-state index contributed by atoms with van der Waals surface area (Å²) in [7, 11) is 0. The molecule has 0 amide bonds. The first-order valence-electron chi connectivity index (χ1n) is 6.06. The molecule has 17 heavy (non-hydrogen) atoms. The van der Waals surface area contributed by atoms with Gasteiger partial charge in [0.25, 0.3) is 0 Å². The SMILES string of the molecule is CCOc1ccc(NC2CCCOC2)cc1F. The second kappa shape index (κ2) is 5.87. The molecule has 1 N–H and O–H groups in total. The summed E-state index contributed by atoms with van der Waals surface area (Å²) >= 11 is 0. The van der Waals surface area contributed by atoms with Crippen molar-refractivity contribution in [3.05, 3.63) is 24.0 Å². The van der Waals surface area contributed by atoms with Gasteiger partial charge in [0.1, 0.15) is 0 Å². The minimum absolute atomic E-state index is 0.279. The Morgan fingerprint density at radius 3 is 3.06 bits per heavy atom. The lowest BCUT2D eigenvalue weighted by molar-refractivity contribution is 0.0876. The van der Waals surface area contributed by atoms with E-state index in [0.29, 0.717) is 19.0 Å². The van der Waals surface area contributed by atoms with Gasteiger partial charge >= 0.3 is 0 Å². The van der Waals surface area contributed by atoms with Crippen LogP contribution in [0.2, 0.25) is 0 Å². The Bertz CT molecular complexity index is 364. The quantitative estimate of drug-likeness (QED) is 0.876. The molecule has 1 heterocycles. The van der Waals surface area contributed by atoms with Gasteiger partial charge in [0.15, 0.2) is 11.6 Å². The molecule has 0 aromatic heterocycles. The highest BCUT2D eigenvalue weighted by Crippen LogP contribution is 2.22. The molecule has 0 aliphatic carbocycles. The van der Waals surface area contributed by atoms with E-state index in [0.717, 1.165) is 25.1 Å². The summed E-state index contributed by atoms with van der Waals surface area (Å²) in [5.74, 6) is -0.0217. The molecule has 94 valence electrons. The van der Waals surface area contributed by atoms with Crippen LogP contribution in [0.1, 0.15) is 19.8 Å². The number of hydrogen-bond acceptors (Lipinski definition) is 3. The highest BCUT2D eigenvalue weighted by molar-refractivity contribution is 5.48. The molecule has 1 aromatic carbocycles. The van der Waals surface area contributed by atoms with Crippen LogP contribution in [0.3, 0.4) is 0 Å². The second-order valence-corrected chi connectivity index (χ2v) is 4.14. The lowest BCUT2D eigenvalue weighted by atomic mass is 10.1. The van der Waals surface area contributed by atoms with Gasteiger partial charge < -0.3 is 14.8 Å². The Hall–Kier alpha value is -1.29. The van der Waals surface area contributed by atoms with Crippen LogP contribution in [-0.4, -0.2) is 25.9 Å². The molecule has 0 radical (unpaired) electrons. The zero-order chi connectivity index (χ0) is 12.1. The number of rotatable bonds is 4. The predicted octanol–water partition coefficient (Wildman–Crippen LogP) is 2.82. The minimum atomic E-state index is -0.325. The number of halogens is 1. The van der Waals surface area contributed by atoms with E-state index in [-0.39, 0.29) is 11.9 Å². The molecule has 1 saturated heterocycles. The van der Waals surface area contributed by atoms with Crippen LogP contribution in [0, 0.1) is 5.82 Å². The zero-order valence-electron chi connectivity index (χ0n) is 10.0. The lowest BCUT2D eigenvalue weighted by Crippen LogP contribution is -2.29. The predicted molar refractivity (Wildman–Crippen MR) is 65.0 cm³/mol. The van der Waals surface area contributed by atoms with Crippen LogP contribution in [0.5, 0.6) is 5.75 Å². The van der Waals surface area contributed by atoms with Gasteiger partial charge in [-0.1, -0.05) is 0 Å². The molecular formula is C13H18FNO2. The first-order chi connectivity index (χ1) is 8.29. The fraction of sp³-hybridized carbons (Fsp3) is 0.538. The molecule has 1 atom stereocenters. The third-order valence-electron chi connectivity index (χ3n) is 2.76. The van der Waals surface area contributed by atoms with Crippen molar-refractivity contribution in [2.24, 2.45) is 0 Å². The van der Waals surface area contributed by atoms with Gasteiger partial charge in [-0.15, -0.1) is 0 Å². The van der Waals surface area contributed by atoms with Crippen LogP contribution < -0.4 is 10.1 Å². The number of nitrogens with one attached hydrogen (secondary N) is 1. The maximum Gasteiger partial charge on any atom is 0.167 e. The molecule has 0 saturated carbocycles. The summed E-state index contributed by atoms with van der Waals surface area (Å²) in [5, 5.41) is 3.27. The summed E-state index contributed by atoms with van der Waals surface area (Å²) in [5.41, 5.74) is 0.779. The van der Waals surface area contributed by atoms with Gasteiger partial charge in [0.2, 0.25) is 0 Å². The lowest BCUT2D eigenvalue weighted by Gasteiger charge is -2.24. The highest BCUT2D eigenvalue weighted by Gasteiger charge is 2.14. The monoisotopic (exact) mass is 239 g/mol. The Morgan fingerprint density at radius 1 is 1.53 bits per heavy atom. The van der Waals surface area contributed by atoms with Gasteiger partial charge in [0, 0.05) is 24.4 Å². The summed E-state index contributed by atoms with van der Waals surface area (Å²) in [6, 6.07) is 5.24.